The largest absolute Gasteiger partial charge is 0.565 e. The van der Waals surface area contributed by atoms with Crippen LogP contribution in [0.25, 0.3) is 0 Å². The highest BCUT2D eigenvalue weighted by atomic mass is 32.2. The van der Waals surface area contributed by atoms with E-state index in [1.54, 1.807) is 21.3 Å². The van der Waals surface area contributed by atoms with E-state index < -0.39 is 11.4 Å². The number of amides is 1. The van der Waals surface area contributed by atoms with Crippen LogP contribution in [0.1, 0.15) is 39.2 Å². The van der Waals surface area contributed by atoms with Gasteiger partial charge in [0.15, 0.2) is 28.6 Å². The first-order valence-corrected chi connectivity index (χ1v) is 17.8. The average Bonchev–Trinajstić information content (AvgIpc) is 3.10. The predicted octanol–water partition coefficient (Wildman–Crippen LogP) is 5.46. The van der Waals surface area contributed by atoms with E-state index in [1.165, 1.54) is 5.56 Å². The van der Waals surface area contributed by atoms with Crippen molar-refractivity contribution >= 4 is 23.0 Å². The molecule has 5 rings (SSSR count). The summed E-state index contributed by atoms with van der Waals surface area (Å²) in [6, 6.07) is 11.5. The summed E-state index contributed by atoms with van der Waals surface area (Å²) < 4.78 is 36.9. The zero-order valence-corrected chi connectivity index (χ0v) is 29.5. The summed E-state index contributed by atoms with van der Waals surface area (Å²) >= 11 is -1.54. The molecule has 2 aromatic rings. The van der Waals surface area contributed by atoms with Crippen LogP contribution in [-0.4, -0.2) is 98.8 Å². The van der Waals surface area contributed by atoms with Gasteiger partial charge in [0, 0.05) is 44.4 Å². The van der Waals surface area contributed by atoms with Crippen LogP contribution in [0, 0.1) is 0 Å². The lowest BCUT2D eigenvalue weighted by Gasteiger charge is -2.43. The van der Waals surface area contributed by atoms with Crippen molar-refractivity contribution in [2.75, 3.05) is 67.2 Å². The summed E-state index contributed by atoms with van der Waals surface area (Å²) in [7, 11) is 4.92. The number of ether oxygens (including phenoxy) is 4. The van der Waals surface area contributed by atoms with Crippen molar-refractivity contribution in [1.82, 2.24) is 13.7 Å². The molecule has 0 bridgehead atoms. The molecule has 2 heterocycles. The standard InChI is InChI=1S/C37H50N3O6S/c1-27(2)40(37(41)28(3)30-13-7-10-16-35(30)47(40)42)31-14-8-9-15-32(31)46-24-12-11-18-38-20-22-39(23-21-38)19-17-29-25-33(43-4)36(45-6)34(26-29)44-5/h7-10,13-16,25-27,35H,11-12,17-24H2,1-6H3/q+1. The Morgan fingerprint density at radius 2 is 1.57 bits per heavy atom. The van der Waals surface area contributed by atoms with Gasteiger partial charge in [-0.3, -0.25) is 0 Å². The number of piperazine rings is 1. The summed E-state index contributed by atoms with van der Waals surface area (Å²) in [6.07, 6.45) is 10.5. The fraction of sp³-hybridized carbons (Fsp3) is 0.486. The Balaban J connectivity index is 1.12. The van der Waals surface area contributed by atoms with Gasteiger partial charge in [-0.25, -0.2) is 4.79 Å². The highest BCUT2D eigenvalue weighted by Crippen LogP contribution is 2.47. The smallest absolute Gasteiger partial charge is 0.390 e. The minimum atomic E-state index is -1.54. The number of para-hydroxylation sites is 2. The maximum atomic E-state index is 14.3. The molecule has 254 valence electrons. The van der Waals surface area contributed by atoms with Crippen molar-refractivity contribution in [3.8, 4) is 23.0 Å². The molecule has 0 aromatic heterocycles. The van der Waals surface area contributed by atoms with E-state index in [0.29, 0.717) is 40.9 Å². The zero-order chi connectivity index (χ0) is 33.6. The molecule has 2 aliphatic heterocycles. The van der Waals surface area contributed by atoms with Gasteiger partial charge in [0.1, 0.15) is 6.04 Å². The third kappa shape index (κ3) is 7.12. The van der Waals surface area contributed by atoms with Gasteiger partial charge < -0.3 is 33.3 Å². The highest BCUT2D eigenvalue weighted by Gasteiger charge is 2.62. The average molecular weight is 665 g/mol. The maximum Gasteiger partial charge on any atom is 0.390 e. The zero-order valence-electron chi connectivity index (χ0n) is 28.7. The van der Waals surface area contributed by atoms with Gasteiger partial charge in [0.05, 0.1) is 33.5 Å². The number of hydrogen-bond donors (Lipinski definition) is 0. The van der Waals surface area contributed by atoms with Gasteiger partial charge in [0.2, 0.25) is 16.7 Å². The lowest BCUT2D eigenvalue weighted by atomic mass is 9.99. The van der Waals surface area contributed by atoms with Crippen LogP contribution in [0.15, 0.2) is 71.8 Å². The first kappa shape index (κ1) is 35.0. The number of hydrogen-bond acceptors (Lipinski definition) is 8. The minimum Gasteiger partial charge on any atom is -0.565 e. The van der Waals surface area contributed by atoms with Crippen molar-refractivity contribution < 1.29 is 28.3 Å². The van der Waals surface area contributed by atoms with Crippen LogP contribution in [0.2, 0.25) is 0 Å². The van der Waals surface area contributed by atoms with Gasteiger partial charge in [-0.05, 0) is 80.3 Å². The van der Waals surface area contributed by atoms with Gasteiger partial charge in [-0.1, -0.05) is 30.4 Å². The quantitative estimate of drug-likeness (QED) is 0.150. The van der Waals surface area contributed by atoms with Crippen LogP contribution in [0.5, 0.6) is 23.0 Å². The molecule has 10 heteroatoms. The number of nitrogens with zero attached hydrogens (tertiary/aromatic N) is 3. The Kier molecular flexibility index (Phi) is 11.7. The molecular formula is C37H50N3O6S+. The summed E-state index contributed by atoms with van der Waals surface area (Å²) in [5, 5.41) is -0.330. The van der Waals surface area contributed by atoms with Crippen LogP contribution in [-0.2, 0) is 22.6 Å². The SMILES string of the molecule is COc1cc(CCN2CCN(CCCCOc3ccccc3[N+]3(C(C)C)C(=O)C(C)=C4C=CC=CC4[S+]3[O-])CC2)cc(OC)c1OC. The van der Waals surface area contributed by atoms with Crippen LogP contribution in [0.4, 0.5) is 5.69 Å². The molecule has 0 N–H and O–H groups in total. The third-order valence-corrected chi connectivity index (χ3v) is 11.7. The van der Waals surface area contributed by atoms with Gasteiger partial charge >= 0.3 is 5.91 Å². The highest BCUT2D eigenvalue weighted by molar-refractivity contribution is 7.92. The molecular weight excluding hydrogens is 614 g/mol. The number of rotatable bonds is 14. The molecule has 1 saturated heterocycles. The van der Waals surface area contributed by atoms with Crippen LogP contribution >= 0.6 is 0 Å². The van der Waals surface area contributed by atoms with Gasteiger partial charge in [-0.15, -0.1) is 0 Å². The monoisotopic (exact) mass is 664 g/mol. The number of allylic oxidation sites excluding steroid dienone is 3. The number of methoxy groups -OCH3 is 3. The van der Waals surface area contributed by atoms with Crippen molar-refractivity contribution in [3.63, 3.8) is 0 Å². The molecule has 9 nitrogen and oxygen atoms in total. The predicted molar refractivity (Wildman–Crippen MR) is 189 cm³/mol. The Hall–Kier alpha value is -3.28. The third-order valence-electron chi connectivity index (χ3n) is 9.52. The first-order chi connectivity index (χ1) is 22.8. The van der Waals surface area contributed by atoms with E-state index in [9.17, 15) is 9.35 Å². The number of benzene rings is 2. The first-order valence-electron chi connectivity index (χ1n) is 16.6. The molecule has 2 aromatic carbocycles. The van der Waals surface area contributed by atoms with Crippen molar-refractivity contribution in [1.29, 1.82) is 0 Å². The van der Waals surface area contributed by atoms with Crippen LogP contribution < -0.4 is 22.8 Å². The Morgan fingerprint density at radius 3 is 2.21 bits per heavy atom. The Bertz CT molecular complexity index is 1470. The number of fused-ring (bicyclic) bond motifs is 1. The summed E-state index contributed by atoms with van der Waals surface area (Å²) in [4.78, 5) is 19.1. The second-order valence-corrected chi connectivity index (χ2v) is 14.2. The molecule has 3 aliphatic rings. The molecule has 0 radical (unpaired) electrons. The number of unbranched alkanes of at least 4 members (excludes halogenated alkanes) is 1. The van der Waals surface area contributed by atoms with E-state index in [1.807, 2.05) is 81.5 Å². The summed E-state index contributed by atoms with van der Waals surface area (Å²) in [5.74, 6) is 2.52. The Labute approximate surface area is 283 Å². The van der Waals surface area contributed by atoms with E-state index >= 15 is 0 Å². The Morgan fingerprint density at radius 1 is 0.915 bits per heavy atom. The lowest BCUT2D eigenvalue weighted by molar-refractivity contribution is -0.123. The van der Waals surface area contributed by atoms with Crippen LogP contribution in [0.3, 0.4) is 0 Å². The number of carbonyl (C=O) groups excluding carboxylic acids is 1. The summed E-state index contributed by atoms with van der Waals surface area (Å²) in [6.45, 7) is 12.5. The van der Waals surface area contributed by atoms with E-state index in [4.69, 9.17) is 18.9 Å². The molecule has 0 saturated carbocycles. The van der Waals surface area contributed by atoms with E-state index in [-0.39, 0.29) is 21.1 Å². The number of carbonyl (C=O) groups is 1. The minimum absolute atomic E-state index is 0.122. The fourth-order valence-electron chi connectivity index (χ4n) is 6.87. The molecule has 1 amide bonds. The van der Waals surface area contributed by atoms with E-state index in [0.717, 1.165) is 64.1 Å². The van der Waals surface area contributed by atoms with Gasteiger partial charge in [-0.2, -0.15) is 0 Å². The van der Waals surface area contributed by atoms with Gasteiger partial charge in [0.25, 0.3) is 0 Å². The molecule has 3 atom stereocenters. The van der Waals surface area contributed by atoms with Crippen molar-refractivity contribution in [2.24, 2.45) is 0 Å². The molecule has 0 spiro atoms. The van der Waals surface area contributed by atoms with Crippen molar-refractivity contribution in [2.45, 2.75) is 51.3 Å². The summed E-state index contributed by atoms with van der Waals surface area (Å²) in [5.41, 5.74) is 3.36. The topological polar surface area (TPSA) is 83.5 Å². The molecule has 1 fully saturated rings. The fourth-order valence-corrected chi connectivity index (χ4v) is 8.99. The second kappa shape index (κ2) is 15.7. The maximum absolute atomic E-state index is 14.3. The van der Waals surface area contributed by atoms with E-state index in [2.05, 4.69) is 9.80 Å². The molecule has 3 unspecified atom stereocenters. The lowest BCUT2D eigenvalue weighted by Crippen LogP contribution is -2.67. The number of quaternary nitrogens is 1. The molecule has 1 aliphatic carbocycles. The normalized spacial score (nSPS) is 23.3. The second-order valence-electron chi connectivity index (χ2n) is 12.6. The molecule has 47 heavy (non-hydrogen) atoms. The van der Waals surface area contributed by atoms with Crippen molar-refractivity contribution in [3.05, 3.63) is 77.4 Å².